The molecule has 0 aliphatic heterocycles. The molecular formula is C26H24N2O5. The molecule has 1 aromatic heterocycles. The maximum atomic E-state index is 11.7. The van der Waals surface area contributed by atoms with Gasteiger partial charge in [-0.1, -0.05) is 66.7 Å². The highest BCUT2D eigenvalue weighted by atomic mass is 16.7. The fraction of sp³-hybridized carbons (Fsp3) is 0.154. The van der Waals surface area contributed by atoms with E-state index >= 15 is 0 Å². The number of nitrogens with zero attached hydrogens (tertiary/aromatic N) is 2. The number of ether oxygens (including phenoxy) is 4. The third-order valence-corrected chi connectivity index (χ3v) is 4.70. The Hall–Kier alpha value is -4.26. The van der Waals surface area contributed by atoms with Gasteiger partial charge in [0.05, 0.1) is 12.8 Å². The molecule has 4 aromatic rings. The van der Waals surface area contributed by atoms with Crippen molar-refractivity contribution in [1.82, 2.24) is 9.55 Å². The van der Waals surface area contributed by atoms with Crippen LogP contribution < -0.4 is 14.2 Å². The fourth-order valence-electron chi connectivity index (χ4n) is 3.17. The third-order valence-electron chi connectivity index (χ3n) is 4.70. The lowest BCUT2D eigenvalue weighted by atomic mass is 10.2. The van der Waals surface area contributed by atoms with E-state index in [0.29, 0.717) is 30.4 Å². The number of para-hydroxylation sites is 1. The molecular weight excluding hydrogens is 420 g/mol. The minimum atomic E-state index is -0.808. The summed E-state index contributed by atoms with van der Waals surface area (Å²) in [5, 5.41) is 0. The van der Waals surface area contributed by atoms with Crippen LogP contribution in [-0.2, 0) is 18.0 Å². The van der Waals surface area contributed by atoms with Crippen molar-refractivity contribution in [2.75, 3.05) is 6.61 Å². The highest BCUT2D eigenvalue weighted by Crippen LogP contribution is 2.34. The molecule has 7 heteroatoms. The molecule has 168 valence electrons. The van der Waals surface area contributed by atoms with Gasteiger partial charge in [-0.3, -0.25) is 4.57 Å². The largest absolute Gasteiger partial charge is 0.515 e. The van der Waals surface area contributed by atoms with Gasteiger partial charge in [0.2, 0.25) is 5.88 Å². The molecule has 0 aliphatic carbocycles. The molecule has 0 radical (unpaired) electrons. The first-order valence-electron chi connectivity index (χ1n) is 10.6. The molecule has 4 rings (SSSR count). The molecule has 0 saturated heterocycles. The summed E-state index contributed by atoms with van der Waals surface area (Å²) in [5.41, 5.74) is 2.72. The molecule has 0 fully saturated rings. The number of carbonyl (C=O) groups excluding carboxylic acids is 1. The topological polar surface area (TPSA) is 71.8 Å². The van der Waals surface area contributed by atoms with Gasteiger partial charge < -0.3 is 18.9 Å². The normalized spacial score (nSPS) is 10.5. The van der Waals surface area contributed by atoms with E-state index in [-0.39, 0.29) is 12.5 Å². The number of imidazole rings is 1. The minimum absolute atomic E-state index is 0.111. The summed E-state index contributed by atoms with van der Waals surface area (Å²) in [6.45, 7) is 2.69. The van der Waals surface area contributed by atoms with E-state index in [1.165, 1.54) is 6.33 Å². The van der Waals surface area contributed by atoms with E-state index < -0.39 is 6.16 Å². The molecule has 0 unspecified atom stereocenters. The van der Waals surface area contributed by atoms with Gasteiger partial charge in [0.1, 0.15) is 36.7 Å². The number of hydrogen-bond donors (Lipinski definition) is 0. The van der Waals surface area contributed by atoms with Gasteiger partial charge in [-0.05, 0) is 30.2 Å². The van der Waals surface area contributed by atoms with Crippen LogP contribution in [0.25, 0.3) is 5.69 Å². The zero-order valence-corrected chi connectivity index (χ0v) is 18.2. The summed E-state index contributed by atoms with van der Waals surface area (Å²) in [4.78, 5) is 15.8. The number of aromatic nitrogens is 2. The maximum Gasteiger partial charge on any atom is 0.515 e. The molecule has 0 bridgehead atoms. The summed E-state index contributed by atoms with van der Waals surface area (Å²) in [5.74, 6) is 1.31. The number of hydrogen-bond acceptors (Lipinski definition) is 6. The predicted molar refractivity (Wildman–Crippen MR) is 123 cm³/mol. The van der Waals surface area contributed by atoms with Gasteiger partial charge in [0.25, 0.3) is 0 Å². The zero-order valence-electron chi connectivity index (χ0n) is 18.2. The van der Waals surface area contributed by atoms with Crippen molar-refractivity contribution in [2.45, 2.75) is 20.1 Å². The summed E-state index contributed by atoms with van der Waals surface area (Å²) in [7, 11) is 0. The maximum absolute atomic E-state index is 11.7. The monoisotopic (exact) mass is 444 g/mol. The van der Waals surface area contributed by atoms with Crippen molar-refractivity contribution in [2.24, 2.45) is 0 Å². The van der Waals surface area contributed by atoms with Gasteiger partial charge in [0, 0.05) is 0 Å². The molecule has 1 heterocycles. The van der Waals surface area contributed by atoms with E-state index in [2.05, 4.69) is 4.98 Å². The minimum Gasteiger partial charge on any atom is -0.487 e. The molecule has 0 aliphatic rings. The second-order valence-electron chi connectivity index (χ2n) is 7.06. The van der Waals surface area contributed by atoms with Crippen LogP contribution in [0, 0.1) is 0 Å². The summed E-state index contributed by atoms with van der Waals surface area (Å²) < 4.78 is 23.9. The van der Waals surface area contributed by atoms with Crippen LogP contribution in [0.4, 0.5) is 4.79 Å². The molecule has 0 saturated carbocycles. The van der Waals surface area contributed by atoms with Crippen molar-refractivity contribution in [3.05, 3.63) is 103 Å². The molecule has 0 spiro atoms. The molecule has 3 aromatic carbocycles. The number of benzene rings is 3. The van der Waals surface area contributed by atoms with Crippen molar-refractivity contribution >= 4 is 6.16 Å². The average molecular weight is 444 g/mol. The lowest BCUT2D eigenvalue weighted by Crippen LogP contribution is -2.10. The Morgan fingerprint density at radius 3 is 1.94 bits per heavy atom. The van der Waals surface area contributed by atoms with Crippen molar-refractivity contribution in [3.63, 3.8) is 0 Å². The second-order valence-corrected chi connectivity index (χ2v) is 7.06. The molecule has 7 nitrogen and oxygen atoms in total. The molecule has 0 amide bonds. The predicted octanol–water partition coefficient (Wildman–Crippen LogP) is 5.57. The van der Waals surface area contributed by atoms with Crippen LogP contribution in [-0.4, -0.2) is 22.3 Å². The van der Waals surface area contributed by atoms with Crippen LogP contribution in [0.15, 0.2) is 91.4 Å². The Morgan fingerprint density at radius 1 is 0.818 bits per heavy atom. The first-order valence-corrected chi connectivity index (χ1v) is 10.6. The Bertz CT molecular complexity index is 1110. The van der Waals surface area contributed by atoms with Crippen LogP contribution >= 0.6 is 0 Å². The van der Waals surface area contributed by atoms with Crippen molar-refractivity contribution in [3.8, 4) is 23.1 Å². The first-order chi connectivity index (χ1) is 16.2. The lowest BCUT2D eigenvalue weighted by molar-refractivity contribution is 0.103. The fourth-order valence-corrected chi connectivity index (χ4v) is 3.17. The van der Waals surface area contributed by atoms with E-state index in [0.717, 1.165) is 11.1 Å². The second kappa shape index (κ2) is 10.9. The SMILES string of the molecule is CCOC(=O)Oc1cn(-c2c(OCc3ccccc3)cccc2OCc2ccccc2)cn1. The van der Waals surface area contributed by atoms with Crippen LogP contribution in [0.1, 0.15) is 18.1 Å². The van der Waals surface area contributed by atoms with Crippen molar-refractivity contribution < 1.29 is 23.7 Å². The van der Waals surface area contributed by atoms with E-state index in [9.17, 15) is 4.79 Å². The quantitative estimate of drug-likeness (QED) is 0.315. The molecule has 0 N–H and O–H groups in total. The Balaban J connectivity index is 1.62. The molecule has 0 atom stereocenters. The van der Waals surface area contributed by atoms with Gasteiger partial charge in [-0.25, -0.2) is 9.78 Å². The number of rotatable bonds is 9. The third kappa shape index (κ3) is 5.92. The average Bonchev–Trinajstić information content (AvgIpc) is 3.30. The number of carbonyl (C=O) groups is 1. The van der Waals surface area contributed by atoms with Crippen LogP contribution in [0.2, 0.25) is 0 Å². The van der Waals surface area contributed by atoms with Crippen LogP contribution in [0.3, 0.4) is 0 Å². The summed E-state index contributed by atoms with van der Waals surface area (Å²) in [6.07, 6.45) is 2.31. The highest BCUT2D eigenvalue weighted by molar-refractivity contribution is 5.63. The lowest BCUT2D eigenvalue weighted by Gasteiger charge is -2.17. The van der Waals surface area contributed by atoms with E-state index in [1.807, 2.05) is 78.9 Å². The Labute approximate surface area is 192 Å². The van der Waals surface area contributed by atoms with E-state index in [4.69, 9.17) is 18.9 Å². The van der Waals surface area contributed by atoms with Gasteiger partial charge in [0.15, 0.2) is 0 Å². The Kier molecular flexibility index (Phi) is 7.22. The Morgan fingerprint density at radius 2 is 1.39 bits per heavy atom. The standard InChI is InChI=1S/C26H24N2O5/c1-2-30-26(29)33-24-16-28(19-27-24)25-22(31-17-20-10-5-3-6-11-20)14-9-15-23(25)32-18-21-12-7-4-8-13-21/h3-16,19H,2,17-18H2,1H3. The van der Waals surface area contributed by atoms with Crippen molar-refractivity contribution in [1.29, 1.82) is 0 Å². The summed E-state index contributed by atoms with van der Waals surface area (Å²) >= 11 is 0. The van der Waals surface area contributed by atoms with Crippen LogP contribution in [0.5, 0.6) is 17.4 Å². The van der Waals surface area contributed by atoms with Gasteiger partial charge in [-0.15, -0.1) is 0 Å². The van der Waals surface area contributed by atoms with Gasteiger partial charge in [-0.2, -0.15) is 0 Å². The highest BCUT2D eigenvalue weighted by Gasteiger charge is 2.16. The van der Waals surface area contributed by atoms with E-state index in [1.54, 1.807) is 17.7 Å². The van der Waals surface area contributed by atoms with Gasteiger partial charge >= 0.3 is 6.16 Å². The first kappa shape index (κ1) is 22.0. The zero-order chi connectivity index (χ0) is 22.9. The molecule has 33 heavy (non-hydrogen) atoms. The summed E-state index contributed by atoms with van der Waals surface area (Å²) in [6, 6.07) is 25.4. The smallest absolute Gasteiger partial charge is 0.487 e.